The highest BCUT2D eigenvalue weighted by Crippen LogP contribution is 2.26. The predicted molar refractivity (Wildman–Crippen MR) is 59.5 cm³/mol. The molecular weight excluding hydrogens is 262 g/mol. The van der Waals surface area contributed by atoms with E-state index in [-0.39, 0.29) is 5.56 Å². The van der Waals surface area contributed by atoms with Gasteiger partial charge in [0.25, 0.3) is 0 Å². The monoisotopic (exact) mass is 266 g/mol. The van der Waals surface area contributed by atoms with Crippen LogP contribution >= 0.6 is 15.9 Å². The summed E-state index contributed by atoms with van der Waals surface area (Å²) < 4.78 is 27.7. The van der Waals surface area contributed by atoms with E-state index in [9.17, 15) is 8.78 Å². The fourth-order valence-electron chi connectivity index (χ4n) is 1.43. The maximum atomic E-state index is 13.7. The summed E-state index contributed by atoms with van der Waals surface area (Å²) in [5.41, 5.74) is -0.315. The molecule has 0 unspecified atom stereocenters. The highest BCUT2D eigenvalue weighted by molar-refractivity contribution is 9.10. The molecule has 0 heterocycles. The van der Waals surface area contributed by atoms with Gasteiger partial charge in [0.2, 0.25) is 0 Å². The molecule has 15 heavy (non-hydrogen) atoms. The van der Waals surface area contributed by atoms with Gasteiger partial charge in [0, 0.05) is 9.86 Å². The Bertz CT molecular complexity index is 582. The summed E-state index contributed by atoms with van der Waals surface area (Å²) in [5.74, 6) is 0.620. The fourth-order valence-corrected chi connectivity index (χ4v) is 1.81. The predicted octanol–water partition coefficient (Wildman–Crippen LogP) is 3.86. The first-order chi connectivity index (χ1) is 7.13. The molecule has 2 rings (SSSR count). The van der Waals surface area contributed by atoms with Gasteiger partial charge in [0.1, 0.15) is 11.6 Å². The van der Waals surface area contributed by atoms with Crippen LogP contribution in [-0.2, 0) is 0 Å². The second-order valence-corrected chi connectivity index (χ2v) is 3.97. The fraction of sp³-hybridized carbons (Fsp3) is 0. The first-order valence-corrected chi connectivity index (χ1v) is 4.96. The quantitative estimate of drug-likeness (QED) is 0.636. The van der Waals surface area contributed by atoms with Crippen LogP contribution in [0.2, 0.25) is 0 Å². The molecule has 0 atom stereocenters. The van der Waals surface area contributed by atoms with E-state index < -0.39 is 11.6 Å². The number of rotatable bonds is 0. The third-order valence-electron chi connectivity index (χ3n) is 2.13. The molecule has 2 aromatic carbocycles. The van der Waals surface area contributed by atoms with Gasteiger partial charge in [0.05, 0.1) is 5.56 Å². The van der Waals surface area contributed by atoms with Crippen LogP contribution in [0.4, 0.5) is 8.78 Å². The molecule has 74 valence electrons. The number of hydrogen-bond acceptors (Lipinski definition) is 0. The van der Waals surface area contributed by atoms with Crippen LogP contribution in [0.3, 0.4) is 0 Å². The molecule has 0 bridgehead atoms. The lowest BCUT2D eigenvalue weighted by Crippen LogP contribution is -1.91. The Morgan fingerprint density at radius 2 is 1.93 bits per heavy atom. The van der Waals surface area contributed by atoms with Crippen LogP contribution in [-0.4, -0.2) is 0 Å². The lowest BCUT2D eigenvalue weighted by atomic mass is 10.1. The van der Waals surface area contributed by atoms with Gasteiger partial charge in [-0.1, -0.05) is 27.9 Å². The Labute approximate surface area is 94.0 Å². The summed E-state index contributed by atoms with van der Waals surface area (Å²) in [5, 5.41) is 0.811. The molecule has 0 saturated carbocycles. The molecule has 0 aliphatic carbocycles. The maximum Gasteiger partial charge on any atom is 0.149 e. The summed E-state index contributed by atoms with van der Waals surface area (Å²) in [6, 6.07) is 6.12. The third kappa shape index (κ3) is 1.62. The summed E-state index contributed by atoms with van der Waals surface area (Å²) in [4.78, 5) is 0. The van der Waals surface area contributed by atoms with Crippen LogP contribution in [0.25, 0.3) is 10.8 Å². The average molecular weight is 267 g/mol. The van der Waals surface area contributed by atoms with E-state index >= 15 is 0 Å². The minimum absolute atomic E-state index is 0.315. The van der Waals surface area contributed by atoms with Crippen molar-refractivity contribution >= 4 is 26.7 Å². The van der Waals surface area contributed by atoms with E-state index in [2.05, 4.69) is 15.9 Å². The van der Waals surface area contributed by atoms with E-state index in [0.717, 1.165) is 4.47 Å². The molecule has 0 fully saturated rings. The normalized spacial score (nSPS) is 10.3. The van der Waals surface area contributed by atoms with E-state index in [1.807, 2.05) is 5.92 Å². The summed E-state index contributed by atoms with van der Waals surface area (Å²) in [6.45, 7) is 0. The molecule has 0 aliphatic rings. The van der Waals surface area contributed by atoms with Gasteiger partial charge in [-0.05, 0) is 23.6 Å². The van der Waals surface area contributed by atoms with Crippen molar-refractivity contribution in [2.45, 2.75) is 0 Å². The Morgan fingerprint density at radius 3 is 2.60 bits per heavy atom. The molecule has 0 saturated heterocycles. The van der Waals surface area contributed by atoms with Crippen LogP contribution in [0.5, 0.6) is 0 Å². The Hall–Kier alpha value is -1.40. The zero-order valence-corrected chi connectivity index (χ0v) is 9.11. The van der Waals surface area contributed by atoms with Crippen molar-refractivity contribution in [3.8, 4) is 12.3 Å². The van der Waals surface area contributed by atoms with Crippen LogP contribution < -0.4 is 0 Å². The number of fused-ring (bicyclic) bond motifs is 1. The van der Waals surface area contributed by atoms with E-state index in [1.54, 1.807) is 18.2 Å². The number of hydrogen-bond donors (Lipinski definition) is 0. The lowest BCUT2D eigenvalue weighted by molar-refractivity contribution is 0.586. The van der Waals surface area contributed by atoms with Crippen molar-refractivity contribution in [2.24, 2.45) is 0 Å². The zero-order valence-electron chi connectivity index (χ0n) is 7.52. The first kappa shape index (κ1) is 10.1. The van der Waals surface area contributed by atoms with Gasteiger partial charge in [-0.15, -0.1) is 6.42 Å². The SMILES string of the molecule is C#Cc1c(F)cc2cc(Br)ccc2c1F. The molecular formula is C12H5BrF2. The third-order valence-corrected chi connectivity index (χ3v) is 2.63. The van der Waals surface area contributed by atoms with Crippen LogP contribution in [0.1, 0.15) is 5.56 Å². The molecule has 0 nitrogen and oxygen atoms in total. The minimum Gasteiger partial charge on any atom is -0.205 e. The van der Waals surface area contributed by atoms with Crippen molar-refractivity contribution in [3.63, 3.8) is 0 Å². The average Bonchev–Trinajstić information content (AvgIpc) is 2.17. The molecule has 0 aliphatic heterocycles. The number of halogens is 3. The molecule has 0 spiro atoms. The van der Waals surface area contributed by atoms with Crippen molar-refractivity contribution in [2.75, 3.05) is 0 Å². The maximum absolute atomic E-state index is 13.7. The van der Waals surface area contributed by atoms with Gasteiger partial charge >= 0.3 is 0 Å². The Kier molecular flexibility index (Phi) is 2.45. The summed E-state index contributed by atoms with van der Waals surface area (Å²) >= 11 is 3.23. The number of benzene rings is 2. The van der Waals surface area contributed by atoms with Gasteiger partial charge in [0.15, 0.2) is 0 Å². The van der Waals surface area contributed by atoms with Crippen molar-refractivity contribution < 1.29 is 8.78 Å². The summed E-state index contributed by atoms with van der Waals surface area (Å²) in [6.07, 6.45) is 5.03. The second-order valence-electron chi connectivity index (χ2n) is 3.06. The van der Waals surface area contributed by atoms with E-state index in [4.69, 9.17) is 6.42 Å². The van der Waals surface area contributed by atoms with Crippen molar-refractivity contribution in [1.82, 2.24) is 0 Å². The Balaban J connectivity index is 2.92. The first-order valence-electron chi connectivity index (χ1n) is 4.17. The van der Waals surface area contributed by atoms with Gasteiger partial charge in [-0.25, -0.2) is 8.78 Å². The minimum atomic E-state index is -0.708. The van der Waals surface area contributed by atoms with Crippen LogP contribution in [0.15, 0.2) is 28.7 Å². The molecule has 0 amide bonds. The van der Waals surface area contributed by atoms with Crippen molar-refractivity contribution in [1.29, 1.82) is 0 Å². The van der Waals surface area contributed by atoms with E-state index in [1.165, 1.54) is 6.07 Å². The topological polar surface area (TPSA) is 0 Å². The van der Waals surface area contributed by atoms with Gasteiger partial charge in [-0.3, -0.25) is 0 Å². The second kappa shape index (κ2) is 3.63. The zero-order chi connectivity index (χ0) is 11.0. The van der Waals surface area contributed by atoms with Gasteiger partial charge in [-0.2, -0.15) is 0 Å². The standard InChI is InChI=1S/C12H5BrF2/c1-2-9-11(14)6-7-5-8(13)3-4-10(7)12(9)15/h1,3-6H. The van der Waals surface area contributed by atoms with Crippen LogP contribution in [0, 0.1) is 24.0 Å². The largest absolute Gasteiger partial charge is 0.205 e. The molecule has 0 N–H and O–H groups in total. The van der Waals surface area contributed by atoms with Crippen molar-refractivity contribution in [3.05, 3.63) is 45.9 Å². The molecule has 0 aromatic heterocycles. The molecule has 2 aromatic rings. The lowest BCUT2D eigenvalue weighted by Gasteiger charge is -2.03. The Morgan fingerprint density at radius 1 is 1.20 bits per heavy atom. The molecule has 3 heteroatoms. The van der Waals surface area contributed by atoms with E-state index in [0.29, 0.717) is 10.8 Å². The highest BCUT2D eigenvalue weighted by Gasteiger charge is 2.11. The van der Waals surface area contributed by atoms with Gasteiger partial charge < -0.3 is 0 Å². The highest BCUT2D eigenvalue weighted by atomic mass is 79.9. The molecule has 0 radical (unpaired) electrons. The number of terminal acetylenes is 1. The smallest absolute Gasteiger partial charge is 0.149 e. The summed E-state index contributed by atoms with van der Waals surface area (Å²) in [7, 11) is 0.